The number of hydrogen-bond acceptors (Lipinski definition) is 6. The van der Waals surface area contributed by atoms with Gasteiger partial charge in [-0.3, -0.25) is 9.69 Å². The minimum atomic E-state index is -0.729. The third-order valence-corrected chi connectivity index (χ3v) is 11.1. The number of carbonyl (C=O) groups is 3. The van der Waals surface area contributed by atoms with Crippen LogP contribution < -0.4 is 16.4 Å². The number of nitrogens with two attached hydrogens (primary N) is 1. The molecule has 0 unspecified atom stereocenters. The number of hydrogen-bond donors (Lipinski definition) is 3. The van der Waals surface area contributed by atoms with Crippen LogP contribution in [0.1, 0.15) is 48.8 Å². The van der Waals surface area contributed by atoms with Crippen molar-refractivity contribution in [1.82, 2.24) is 29.8 Å². The molecular formula is C36H51ClN8O3. The fourth-order valence-corrected chi connectivity index (χ4v) is 8.13. The van der Waals surface area contributed by atoms with E-state index in [2.05, 4.69) is 33.5 Å². The van der Waals surface area contributed by atoms with Gasteiger partial charge in [-0.25, -0.2) is 9.59 Å². The van der Waals surface area contributed by atoms with Crippen LogP contribution in [0.4, 0.5) is 21.0 Å². The number of fused-ring (bicyclic) bond motifs is 1. The van der Waals surface area contributed by atoms with Crippen molar-refractivity contribution in [1.29, 1.82) is 0 Å². The van der Waals surface area contributed by atoms with Gasteiger partial charge in [-0.15, -0.1) is 0 Å². The van der Waals surface area contributed by atoms with Crippen LogP contribution in [0.3, 0.4) is 0 Å². The van der Waals surface area contributed by atoms with Crippen LogP contribution in [-0.4, -0.2) is 127 Å². The van der Waals surface area contributed by atoms with E-state index >= 15 is 0 Å². The van der Waals surface area contributed by atoms with E-state index in [9.17, 15) is 14.4 Å². The molecule has 11 nitrogen and oxygen atoms in total. The number of urea groups is 2. The Morgan fingerprint density at radius 2 is 1.65 bits per heavy atom. The first kappa shape index (κ1) is 34.3. The van der Waals surface area contributed by atoms with Gasteiger partial charge in [0.05, 0.1) is 10.7 Å². The van der Waals surface area contributed by atoms with E-state index in [4.69, 9.17) is 17.3 Å². The summed E-state index contributed by atoms with van der Waals surface area (Å²) >= 11 is 6.44. The van der Waals surface area contributed by atoms with Crippen LogP contribution in [0.25, 0.3) is 0 Å². The largest absolute Gasteiger partial charge is 0.397 e. The molecule has 4 aliphatic heterocycles. The zero-order valence-corrected chi connectivity index (χ0v) is 29.2. The molecule has 2 aromatic rings. The Balaban J connectivity index is 1.08. The summed E-state index contributed by atoms with van der Waals surface area (Å²) in [6, 6.07) is 11.1. The van der Waals surface area contributed by atoms with Crippen LogP contribution in [0.5, 0.6) is 0 Å². The van der Waals surface area contributed by atoms with Gasteiger partial charge in [-0.1, -0.05) is 35.9 Å². The maximum absolute atomic E-state index is 14.1. The third-order valence-electron chi connectivity index (χ3n) is 10.8. The molecule has 4 heterocycles. The van der Waals surface area contributed by atoms with Gasteiger partial charge in [-0.05, 0) is 94.4 Å². The van der Waals surface area contributed by atoms with E-state index in [-0.39, 0.29) is 24.0 Å². The van der Waals surface area contributed by atoms with Crippen molar-refractivity contribution in [3.8, 4) is 0 Å². The fourth-order valence-electron chi connectivity index (χ4n) is 7.84. The minimum Gasteiger partial charge on any atom is -0.397 e. The van der Waals surface area contributed by atoms with Crippen LogP contribution in [-0.2, 0) is 17.6 Å². The Labute approximate surface area is 289 Å². The van der Waals surface area contributed by atoms with Crippen molar-refractivity contribution in [2.45, 2.75) is 70.0 Å². The number of likely N-dealkylation sites (N-methyl/N-ethyl adjacent to an activating group) is 1. The molecule has 6 rings (SSSR count). The fraction of sp³-hybridized carbons (Fsp3) is 0.583. The Kier molecular flexibility index (Phi) is 11.0. The highest BCUT2D eigenvalue weighted by Crippen LogP contribution is 2.27. The Morgan fingerprint density at radius 3 is 2.40 bits per heavy atom. The van der Waals surface area contributed by atoms with Crippen molar-refractivity contribution in [2.75, 3.05) is 77.0 Å². The molecule has 2 aromatic carbocycles. The molecule has 1 atom stereocenters. The topological polar surface area (TPSA) is 117 Å². The number of nitrogens with zero attached hydrogens (tertiary/aromatic N) is 5. The average molecular weight is 679 g/mol. The Morgan fingerprint density at radius 1 is 0.938 bits per heavy atom. The summed E-state index contributed by atoms with van der Waals surface area (Å²) in [7, 11) is 2.19. The molecule has 4 aliphatic rings. The number of carbonyl (C=O) groups excluding carboxylic acids is 3. The molecule has 12 heteroatoms. The van der Waals surface area contributed by atoms with Crippen molar-refractivity contribution < 1.29 is 14.4 Å². The number of likely N-dealkylation sites (tertiary alicyclic amines) is 2. The number of para-hydroxylation sites is 1. The SMILES string of the molecule is Cc1cc(C[C@@H](NC(=O)N2CCC(N3CCc4ccccc4NC3=O)CC2)C(=O)N2CCC(N3CCCN(C)CC3)CC2)cc(Cl)c1N. The number of nitrogen functional groups attached to an aromatic ring is 1. The maximum Gasteiger partial charge on any atom is 0.322 e. The lowest BCUT2D eigenvalue weighted by Gasteiger charge is -2.40. The lowest BCUT2D eigenvalue weighted by molar-refractivity contribution is -0.134. The first-order valence-corrected chi connectivity index (χ1v) is 18.0. The highest BCUT2D eigenvalue weighted by atomic mass is 35.5. The molecule has 4 N–H and O–H groups in total. The highest BCUT2D eigenvalue weighted by molar-refractivity contribution is 6.33. The van der Waals surface area contributed by atoms with E-state index in [1.54, 1.807) is 11.0 Å². The molecule has 48 heavy (non-hydrogen) atoms. The standard InChI is InChI=1S/C36H51ClN8O3/c1-25-22-26(23-30(37)33(25)38)24-32(34(46)43-15-9-28(10-16-43)42-14-5-13-41(2)20-21-42)40-35(47)44-17-11-29(12-18-44)45-19-8-27-6-3-4-7-31(27)39-36(45)48/h3-4,6-7,22-23,28-29,32H,5,8-21,24,38H2,1-2H3,(H,39,48)(H,40,47)/t32-/m1/s1. The lowest BCUT2D eigenvalue weighted by atomic mass is 9.98. The Hall–Kier alpha value is -3.54. The summed E-state index contributed by atoms with van der Waals surface area (Å²) < 4.78 is 0. The van der Waals surface area contributed by atoms with Gasteiger partial charge in [-0.2, -0.15) is 0 Å². The molecule has 0 saturated carbocycles. The van der Waals surface area contributed by atoms with Gasteiger partial charge in [0.25, 0.3) is 0 Å². The smallest absolute Gasteiger partial charge is 0.322 e. The van der Waals surface area contributed by atoms with Gasteiger partial charge in [0, 0.05) is 70.0 Å². The zero-order valence-electron chi connectivity index (χ0n) is 28.4. The van der Waals surface area contributed by atoms with Crippen LogP contribution >= 0.6 is 11.6 Å². The molecule has 260 valence electrons. The second-order valence-electron chi connectivity index (χ2n) is 14.0. The summed E-state index contributed by atoms with van der Waals surface area (Å²) in [6.07, 6.45) is 5.53. The number of piperidine rings is 2. The molecule has 5 amide bonds. The first-order valence-electron chi connectivity index (χ1n) is 17.6. The first-order chi connectivity index (χ1) is 23.2. The lowest BCUT2D eigenvalue weighted by Crippen LogP contribution is -2.57. The maximum atomic E-state index is 14.1. The quantitative estimate of drug-likeness (QED) is 0.398. The van der Waals surface area contributed by atoms with Gasteiger partial charge >= 0.3 is 12.1 Å². The average Bonchev–Trinajstić information content (AvgIpc) is 3.41. The number of nitrogens with one attached hydrogen (secondary N) is 2. The Bertz CT molecular complexity index is 1450. The molecule has 3 fully saturated rings. The van der Waals surface area contributed by atoms with E-state index in [1.165, 1.54) is 6.42 Å². The normalized spacial score (nSPS) is 21.2. The van der Waals surface area contributed by atoms with E-state index in [1.807, 2.05) is 41.0 Å². The zero-order chi connectivity index (χ0) is 33.8. The molecule has 0 radical (unpaired) electrons. The molecule has 3 saturated heterocycles. The molecular weight excluding hydrogens is 628 g/mol. The third kappa shape index (κ3) is 8.01. The van der Waals surface area contributed by atoms with E-state index in [0.717, 1.165) is 67.8 Å². The van der Waals surface area contributed by atoms with Gasteiger partial charge in [0.1, 0.15) is 6.04 Å². The van der Waals surface area contributed by atoms with Crippen molar-refractivity contribution >= 4 is 40.9 Å². The predicted octanol–water partition coefficient (Wildman–Crippen LogP) is 4.03. The second-order valence-corrected chi connectivity index (χ2v) is 14.4. The highest BCUT2D eigenvalue weighted by Gasteiger charge is 2.35. The van der Waals surface area contributed by atoms with Crippen molar-refractivity contribution in [3.05, 3.63) is 58.1 Å². The summed E-state index contributed by atoms with van der Waals surface area (Å²) in [4.78, 5) is 51.6. The monoisotopic (exact) mass is 678 g/mol. The molecule has 0 spiro atoms. The summed E-state index contributed by atoms with van der Waals surface area (Å²) in [5.74, 6) is -0.0568. The van der Waals surface area contributed by atoms with Crippen LogP contribution in [0, 0.1) is 6.92 Å². The number of amides is 5. The summed E-state index contributed by atoms with van der Waals surface area (Å²) in [5.41, 5.74) is 10.4. The van der Waals surface area contributed by atoms with E-state index in [0.29, 0.717) is 68.7 Å². The van der Waals surface area contributed by atoms with Gasteiger partial charge in [0.15, 0.2) is 0 Å². The number of rotatable bonds is 6. The molecule has 0 aromatic heterocycles. The molecule has 0 aliphatic carbocycles. The van der Waals surface area contributed by atoms with Gasteiger partial charge in [0.2, 0.25) is 5.91 Å². The van der Waals surface area contributed by atoms with Crippen molar-refractivity contribution in [2.24, 2.45) is 0 Å². The van der Waals surface area contributed by atoms with Crippen molar-refractivity contribution in [3.63, 3.8) is 0 Å². The number of anilines is 2. The second kappa shape index (κ2) is 15.3. The predicted molar refractivity (Wildman–Crippen MR) is 190 cm³/mol. The number of halogens is 1. The minimum absolute atomic E-state index is 0.0478. The number of benzene rings is 2. The van der Waals surface area contributed by atoms with Crippen LogP contribution in [0.2, 0.25) is 5.02 Å². The van der Waals surface area contributed by atoms with E-state index < -0.39 is 6.04 Å². The van der Waals surface area contributed by atoms with Gasteiger partial charge < -0.3 is 36.0 Å². The molecule has 0 bridgehead atoms. The summed E-state index contributed by atoms with van der Waals surface area (Å²) in [5, 5.41) is 6.63. The van der Waals surface area contributed by atoms with Crippen LogP contribution in [0.15, 0.2) is 36.4 Å². The number of aryl methyl sites for hydroxylation is 1. The summed E-state index contributed by atoms with van der Waals surface area (Å²) in [6.45, 7) is 9.30.